The quantitative estimate of drug-likeness (QED) is 0.789. The molecular formula is C14H17ClN4O2. The number of nitrogens with zero attached hydrogens (tertiary/aromatic N) is 1. The Morgan fingerprint density at radius 2 is 2.14 bits per heavy atom. The molecular weight excluding hydrogens is 292 g/mol. The predicted molar refractivity (Wildman–Crippen MR) is 83.3 cm³/mol. The summed E-state index contributed by atoms with van der Waals surface area (Å²) in [6.45, 7) is 5.37. The van der Waals surface area contributed by atoms with Gasteiger partial charge in [-0.25, -0.2) is 4.79 Å². The Morgan fingerprint density at radius 1 is 1.43 bits per heavy atom. The van der Waals surface area contributed by atoms with Gasteiger partial charge in [-0.15, -0.1) is 0 Å². The Hall–Kier alpha value is -2.21. The molecule has 0 fully saturated rings. The summed E-state index contributed by atoms with van der Waals surface area (Å²) in [5, 5.41) is 9.64. The maximum Gasteiger partial charge on any atom is 0.412 e. The lowest BCUT2D eigenvalue weighted by Gasteiger charge is -2.20. The number of rotatable bonds is 2. The zero-order valence-corrected chi connectivity index (χ0v) is 12.8. The van der Waals surface area contributed by atoms with Crippen LogP contribution in [0, 0.1) is 0 Å². The fourth-order valence-electron chi connectivity index (χ4n) is 1.71. The standard InChI is InChI=1S/C14H17ClN4O2/c1-14(2,3)21-13(20)18-11-5-4-8(6-9(11)15)12-10(16)7-17-19-12/h4-7H,16H2,1-3H3,(H,17,19)(H,18,20). The van der Waals surface area contributed by atoms with Crippen molar-refractivity contribution in [3.63, 3.8) is 0 Å². The Bertz CT molecular complexity index is 661. The number of aromatic amines is 1. The molecule has 0 radical (unpaired) electrons. The summed E-state index contributed by atoms with van der Waals surface area (Å²) in [5.74, 6) is 0. The van der Waals surface area contributed by atoms with E-state index in [1.807, 2.05) is 0 Å². The van der Waals surface area contributed by atoms with Gasteiger partial charge in [0.25, 0.3) is 0 Å². The second-order valence-electron chi connectivity index (χ2n) is 5.52. The number of carbonyl (C=O) groups excluding carboxylic acids is 1. The van der Waals surface area contributed by atoms with E-state index < -0.39 is 11.7 Å². The van der Waals surface area contributed by atoms with Crippen LogP contribution < -0.4 is 11.1 Å². The van der Waals surface area contributed by atoms with Gasteiger partial charge in [0.15, 0.2) is 0 Å². The average Bonchev–Trinajstić information content (AvgIpc) is 2.76. The number of nitrogen functional groups attached to an aromatic ring is 1. The number of nitrogens with two attached hydrogens (primary N) is 1. The maximum absolute atomic E-state index is 11.7. The highest BCUT2D eigenvalue weighted by Gasteiger charge is 2.17. The van der Waals surface area contributed by atoms with Crippen molar-refractivity contribution < 1.29 is 9.53 Å². The molecule has 2 aromatic rings. The Kier molecular flexibility index (Phi) is 4.09. The number of hydrogen-bond acceptors (Lipinski definition) is 4. The summed E-state index contributed by atoms with van der Waals surface area (Å²) in [6, 6.07) is 5.16. The molecule has 0 atom stereocenters. The fourth-order valence-corrected chi connectivity index (χ4v) is 1.94. The van der Waals surface area contributed by atoms with Crippen molar-refractivity contribution in [2.24, 2.45) is 0 Å². The number of anilines is 2. The van der Waals surface area contributed by atoms with Gasteiger partial charge in [-0.3, -0.25) is 10.4 Å². The van der Waals surface area contributed by atoms with Gasteiger partial charge in [0, 0.05) is 5.56 Å². The molecule has 1 heterocycles. The molecule has 4 N–H and O–H groups in total. The highest BCUT2D eigenvalue weighted by molar-refractivity contribution is 6.34. The summed E-state index contributed by atoms with van der Waals surface area (Å²) in [5.41, 5.74) is 7.67. The molecule has 112 valence electrons. The van der Waals surface area contributed by atoms with E-state index in [-0.39, 0.29) is 0 Å². The molecule has 0 aliphatic heterocycles. The Balaban J connectivity index is 2.17. The van der Waals surface area contributed by atoms with Gasteiger partial charge in [-0.05, 0) is 32.9 Å². The number of halogens is 1. The third-order valence-electron chi connectivity index (χ3n) is 2.56. The van der Waals surface area contributed by atoms with Crippen LogP contribution in [0.2, 0.25) is 5.02 Å². The van der Waals surface area contributed by atoms with E-state index in [0.29, 0.717) is 22.1 Å². The molecule has 0 unspecified atom stereocenters. The molecule has 2 rings (SSSR count). The molecule has 0 spiro atoms. The number of H-pyrrole nitrogens is 1. The molecule has 6 nitrogen and oxygen atoms in total. The smallest absolute Gasteiger partial charge is 0.412 e. The molecule has 0 aliphatic carbocycles. The minimum absolute atomic E-state index is 0.382. The van der Waals surface area contributed by atoms with Crippen molar-refractivity contribution >= 4 is 29.1 Å². The SMILES string of the molecule is CC(C)(C)OC(=O)Nc1ccc(-c2[nH]ncc2N)cc1Cl. The number of hydrogen-bond donors (Lipinski definition) is 3. The van der Waals surface area contributed by atoms with Crippen LogP contribution in [0.5, 0.6) is 0 Å². The average molecular weight is 309 g/mol. The first-order valence-electron chi connectivity index (χ1n) is 6.35. The predicted octanol–water partition coefficient (Wildman–Crippen LogP) is 3.66. The maximum atomic E-state index is 11.7. The molecule has 7 heteroatoms. The number of nitrogens with one attached hydrogen (secondary N) is 2. The van der Waals surface area contributed by atoms with E-state index in [2.05, 4.69) is 15.5 Å². The van der Waals surface area contributed by atoms with Crippen LogP contribution in [-0.4, -0.2) is 21.9 Å². The third kappa shape index (κ3) is 3.88. The molecule has 0 aliphatic rings. The van der Waals surface area contributed by atoms with E-state index >= 15 is 0 Å². The summed E-state index contributed by atoms with van der Waals surface area (Å²) < 4.78 is 5.17. The van der Waals surface area contributed by atoms with E-state index in [9.17, 15) is 4.79 Å². The van der Waals surface area contributed by atoms with E-state index in [4.69, 9.17) is 22.1 Å². The Morgan fingerprint density at radius 3 is 2.67 bits per heavy atom. The summed E-state index contributed by atoms with van der Waals surface area (Å²) in [6.07, 6.45) is 0.967. The van der Waals surface area contributed by atoms with Crippen LogP contribution in [0.25, 0.3) is 11.3 Å². The van der Waals surface area contributed by atoms with Gasteiger partial charge >= 0.3 is 6.09 Å². The normalized spacial score (nSPS) is 11.2. The van der Waals surface area contributed by atoms with Crippen molar-refractivity contribution in [1.82, 2.24) is 10.2 Å². The van der Waals surface area contributed by atoms with Crippen molar-refractivity contribution in [3.8, 4) is 11.3 Å². The molecule has 0 saturated carbocycles. The zero-order chi connectivity index (χ0) is 15.6. The minimum atomic E-state index is -0.569. The van der Waals surface area contributed by atoms with Gasteiger partial charge in [-0.2, -0.15) is 5.10 Å². The first-order valence-corrected chi connectivity index (χ1v) is 6.73. The first kappa shape index (κ1) is 15.2. The van der Waals surface area contributed by atoms with Crippen molar-refractivity contribution in [1.29, 1.82) is 0 Å². The summed E-state index contributed by atoms with van der Waals surface area (Å²) >= 11 is 6.17. The number of amides is 1. The highest BCUT2D eigenvalue weighted by atomic mass is 35.5. The molecule has 21 heavy (non-hydrogen) atoms. The first-order chi connectivity index (χ1) is 9.76. The van der Waals surface area contributed by atoms with Crippen molar-refractivity contribution in [3.05, 3.63) is 29.4 Å². The zero-order valence-electron chi connectivity index (χ0n) is 12.0. The number of aromatic nitrogens is 2. The lowest BCUT2D eigenvalue weighted by atomic mass is 10.1. The monoisotopic (exact) mass is 308 g/mol. The van der Waals surface area contributed by atoms with E-state index in [1.165, 1.54) is 6.20 Å². The Labute approximate surface area is 127 Å². The van der Waals surface area contributed by atoms with Crippen molar-refractivity contribution in [2.75, 3.05) is 11.1 Å². The van der Waals surface area contributed by atoms with Crippen molar-refractivity contribution in [2.45, 2.75) is 26.4 Å². The van der Waals surface area contributed by atoms with E-state index in [1.54, 1.807) is 39.0 Å². The van der Waals surface area contributed by atoms with Gasteiger partial charge in [0.1, 0.15) is 5.60 Å². The van der Waals surface area contributed by atoms with Crippen LogP contribution in [-0.2, 0) is 4.74 Å². The molecule has 1 aromatic heterocycles. The summed E-state index contributed by atoms with van der Waals surface area (Å²) in [7, 11) is 0. The molecule has 0 bridgehead atoms. The summed E-state index contributed by atoms with van der Waals surface area (Å²) in [4.78, 5) is 11.7. The number of benzene rings is 1. The van der Waals surface area contributed by atoms with Crippen LogP contribution in [0.4, 0.5) is 16.2 Å². The number of ether oxygens (including phenoxy) is 1. The molecule has 0 saturated heterocycles. The van der Waals surface area contributed by atoms with Crippen LogP contribution >= 0.6 is 11.6 Å². The molecule has 1 amide bonds. The van der Waals surface area contributed by atoms with Crippen LogP contribution in [0.1, 0.15) is 20.8 Å². The second-order valence-corrected chi connectivity index (χ2v) is 5.93. The third-order valence-corrected chi connectivity index (χ3v) is 2.87. The van der Waals surface area contributed by atoms with E-state index in [0.717, 1.165) is 5.56 Å². The van der Waals surface area contributed by atoms with Gasteiger partial charge in [0.2, 0.25) is 0 Å². The van der Waals surface area contributed by atoms with Gasteiger partial charge in [0.05, 0.1) is 28.3 Å². The lowest BCUT2D eigenvalue weighted by Crippen LogP contribution is -2.27. The topological polar surface area (TPSA) is 93.0 Å². The van der Waals surface area contributed by atoms with Gasteiger partial charge < -0.3 is 10.5 Å². The fraction of sp³-hybridized carbons (Fsp3) is 0.286. The lowest BCUT2D eigenvalue weighted by molar-refractivity contribution is 0.0636. The van der Waals surface area contributed by atoms with Crippen LogP contribution in [0.15, 0.2) is 24.4 Å². The van der Waals surface area contributed by atoms with Gasteiger partial charge in [-0.1, -0.05) is 17.7 Å². The number of carbonyl (C=O) groups is 1. The highest BCUT2D eigenvalue weighted by Crippen LogP contribution is 2.30. The minimum Gasteiger partial charge on any atom is -0.444 e. The second kappa shape index (κ2) is 5.65. The largest absolute Gasteiger partial charge is 0.444 e. The molecule has 1 aromatic carbocycles. The van der Waals surface area contributed by atoms with Crippen LogP contribution in [0.3, 0.4) is 0 Å².